The molecule has 0 amide bonds. The van der Waals surface area contributed by atoms with Crippen LogP contribution in [-0.2, 0) is 9.84 Å². The maximum Gasteiger partial charge on any atom is 0.181 e. The Kier molecular flexibility index (Phi) is 1.74. The van der Waals surface area contributed by atoms with Gasteiger partial charge in [0, 0.05) is 0 Å². The molecule has 0 spiro atoms. The third kappa shape index (κ3) is 1.03. The Bertz CT molecular complexity index is 434. The van der Waals surface area contributed by atoms with Gasteiger partial charge in [0.25, 0.3) is 0 Å². The summed E-state index contributed by atoms with van der Waals surface area (Å²) >= 11 is 0. The molecule has 1 aromatic carbocycles. The van der Waals surface area contributed by atoms with Gasteiger partial charge in [0.1, 0.15) is 0 Å². The molecule has 70 valence electrons. The van der Waals surface area contributed by atoms with Crippen molar-refractivity contribution in [2.45, 2.75) is 29.9 Å². The van der Waals surface area contributed by atoms with Crippen LogP contribution < -0.4 is 0 Å². The van der Waals surface area contributed by atoms with Crippen molar-refractivity contribution in [3.63, 3.8) is 0 Å². The lowest BCUT2D eigenvalue weighted by Gasteiger charge is -2.06. The van der Waals surface area contributed by atoms with Crippen molar-refractivity contribution in [3.05, 3.63) is 29.8 Å². The predicted octanol–water partition coefficient (Wildman–Crippen LogP) is 1.97. The van der Waals surface area contributed by atoms with E-state index in [4.69, 9.17) is 0 Å². The molecule has 0 saturated carbocycles. The highest BCUT2D eigenvalue weighted by molar-refractivity contribution is 7.92. The van der Waals surface area contributed by atoms with Crippen molar-refractivity contribution >= 4 is 9.84 Å². The van der Waals surface area contributed by atoms with Crippen LogP contribution in [0.15, 0.2) is 29.2 Å². The SMILES string of the molecule is CC1c2ccccc2S(=O)(=O)C1C. The lowest BCUT2D eigenvalue weighted by atomic mass is 9.99. The summed E-state index contributed by atoms with van der Waals surface area (Å²) in [5, 5.41) is -0.273. The Morgan fingerprint density at radius 2 is 1.77 bits per heavy atom. The first-order chi connectivity index (χ1) is 6.05. The van der Waals surface area contributed by atoms with Gasteiger partial charge in [-0.2, -0.15) is 0 Å². The van der Waals surface area contributed by atoms with Crippen LogP contribution in [-0.4, -0.2) is 13.7 Å². The van der Waals surface area contributed by atoms with Gasteiger partial charge in [-0.05, 0) is 24.5 Å². The van der Waals surface area contributed by atoms with E-state index in [9.17, 15) is 8.42 Å². The Morgan fingerprint density at radius 3 is 2.38 bits per heavy atom. The molecule has 2 nitrogen and oxygen atoms in total. The molecule has 1 aromatic rings. The lowest BCUT2D eigenvalue weighted by molar-refractivity contribution is 0.584. The highest BCUT2D eigenvalue weighted by Crippen LogP contribution is 2.39. The molecule has 0 aliphatic carbocycles. The van der Waals surface area contributed by atoms with Crippen molar-refractivity contribution in [2.75, 3.05) is 0 Å². The fourth-order valence-electron chi connectivity index (χ4n) is 1.84. The molecule has 0 bridgehead atoms. The smallest absolute Gasteiger partial charge is 0.181 e. The van der Waals surface area contributed by atoms with E-state index < -0.39 is 9.84 Å². The maximum atomic E-state index is 11.8. The number of sulfone groups is 1. The molecule has 1 aliphatic heterocycles. The first-order valence-corrected chi connectivity index (χ1v) is 5.92. The molecule has 3 heteroatoms. The summed E-state index contributed by atoms with van der Waals surface area (Å²) in [5.41, 5.74) is 0.968. The standard InChI is InChI=1S/C10H12O2S/c1-7-8(2)13(11,12)10-6-4-3-5-9(7)10/h3-8H,1-2H3. The average molecular weight is 196 g/mol. The van der Waals surface area contributed by atoms with Crippen LogP contribution in [0.25, 0.3) is 0 Å². The number of benzene rings is 1. The molecule has 2 unspecified atom stereocenters. The second-order valence-electron chi connectivity index (χ2n) is 3.58. The Labute approximate surface area is 78.5 Å². The van der Waals surface area contributed by atoms with Crippen molar-refractivity contribution in [1.29, 1.82) is 0 Å². The van der Waals surface area contributed by atoms with Crippen molar-refractivity contribution < 1.29 is 8.42 Å². The van der Waals surface area contributed by atoms with Crippen LogP contribution in [0.3, 0.4) is 0 Å². The summed E-state index contributed by atoms with van der Waals surface area (Å²) in [6.45, 7) is 3.74. The number of hydrogen-bond donors (Lipinski definition) is 0. The van der Waals surface area contributed by atoms with Crippen LogP contribution in [0.4, 0.5) is 0 Å². The zero-order valence-electron chi connectivity index (χ0n) is 7.69. The average Bonchev–Trinajstić information content (AvgIpc) is 2.30. The van der Waals surface area contributed by atoms with Crippen LogP contribution in [0, 0.1) is 0 Å². The van der Waals surface area contributed by atoms with E-state index in [0.717, 1.165) is 5.56 Å². The summed E-state index contributed by atoms with van der Waals surface area (Å²) in [6, 6.07) is 7.27. The Morgan fingerprint density at radius 1 is 1.15 bits per heavy atom. The van der Waals surface area contributed by atoms with Gasteiger partial charge in [0.15, 0.2) is 9.84 Å². The second kappa shape index (κ2) is 2.58. The molecule has 2 rings (SSSR count). The zero-order chi connectivity index (χ0) is 9.64. The predicted molar refractivity (Wildman–Crippen MR) is 51.5 cm³/mol. The van der Waals surface area contributed by atoms with Gasteiger partial charge in [-0.3, -0.25) is 0 Å². The highest BCUT2D eigenvalue weighted by Gasteiger charge is 2.38. The van der Waals surface area contributed by atoms with Crippen LogP contribution in [0.1, 0.15) is 25.3 Å². The van der Waals surface area contributed by atoms with E-state index >= 15 is 0 Å². The molecule has 1 heterocycles. The quantitative estimate of drug-likeness (QED) is 0.635. The Hall–Kier alpha value is -0.830. The summed E-state index contributed by atoms with van der Waals surface area (Å²) in [7, 11) is -3.03. The van der Waals surface area contributed by atoms with Gasteiger partial charge >= 0.3 is 0 Å². The summed E-state index contributed by atoms with van der Waals surface area (Å²) in [6.07, 6.45) is 0. The first-order valence-electron chi connectivity index (χ1n) is 4.38. The minimum atomic E-state index is -3.03. The third-order valence-electron chi connectivity index (χ3n) is 2.91. The van der Waals surface area contributed by atoms with E-state index in [1.165, 1.54) is 0 Å². The van der Waals surface area contributed by atoms with Crippen LogP contribution in [0.5, 0.6) is 0 Å². The zero-order valence-corrected chi connectivity index (χ0v) is 8.51. The third-order valence-corrected chi connectivity index (χ3v) is 5.28. The fraction of sp³-hybridized carbons (Fsp3) is 0.400. The minimum absolute atomic E-state index is 0.126. The fourth-order valence-corrected chi connectivity index (χ4v) is 3.77. The molecule has 13 heavy (non-hydrogen) atoms. The summed E-state index contributed by atoms with van der Waals surface area (Å²) < 4.78 is 23.6. The van der Waals surface area contributed by atoms with Crippen molar-refractivity contribution in [1.82, 2.24) is 0 Å². The normalized spacial score (nSPS) is 30.0. The van der Waals surface area contributed by atoms with Crippen LogP contribution >= 0.6 is 0 Å². The molecule has 0 N–H and O–H groups in total. The van der Waals surface area contributed by atoms with E-state index in [-0.39, 0.29) is 11.2 Å². The summed E-state index contributed by atoms with van der Waals surface area (Å²) in [5.74, 6) is 0.126. The number of fused-ring (bicyclic) bond motifs is 1. The first kappa shape index (κ1) is 8.75. The molecule has 1 aliphatic rings. The number of hydrogen-bond acceptors (Lipinski definition) is 2. The van der Waals surface area contributed by atoms with Crippen LogP contribution in [0.2, 0.25) is 0 Å². The topological polar surface area (TPSA) is 34.1 Å². The second-order valence-corrected chi connectivity index (χ2v) is 5.85. The summed E-state index contributed by atoms with van der Waals surface area (Å²) in [4.78, 5) is 0.523. The van der Waals surface area contributed by atoms with Crippen molar-refractivity contribution in [3.8, 4) is 0 Å². The Balaban J connectivity index is 2.76. The molecule has 0 radical (unpaired) electrons. The molecule has 0 saturated heterocycles. The van der Waals surface area contributed by atoms with Gasteiger partial charge in [-0.1, -0.05) is 25.1 Å². The monoisotopic (exact) mass is 196 g/mol. The van der Waals surface area contributed by atoms with E-state index in [0.29, 0.717) is 4.90 Å². The van der Waals surface area contributed by atoms with E-state index in [1.807, 2.05) is 19.1 Å². The largest absolute Gasteiger partial charge is 0.223 e. The van der Waals surface area contributed by atoms with Gasteiger partial charge in [0.2, 0.25) is 0 Å². The van der Waals surface area contributed by atoms with E-state index in [2.05, 4.69) is 0 Å². The maximum absolute atomic E-state index is 11.8. The van der Waals surface area contributed by atoms with E-state index in [1.54, 1.807) is 19.1 Å². The molecule has 2 atom stereocenters. The van der Waals surface area contributed by atoms with Gasteiger partial charge in [-0.15, -0.1) is 0 Å². The molecule has 0 fully saturated rings. The molecule has 0 aromatic heterocycles. The minimum Gasteiger partial charge on any atom is -0.223 e. The van der Waals surface area contributed by atoms with Crippen molar-refractivity contribution in [2.24, 2.45) is 0 Å². The molecular weight excluding hydrogens is 184 g/mol. The van der Waals surface area contributed by atoms with Gasteiger partial charge in [0.05, 0.1) is 10.1 Å². The number of rotatable bonds is 0. The highest BCUT2D eigenvalue weighted by atomic mass is 32.2. The lowest BCUT2D eigenvalue weighted by Crippen LogP contribution is -2.14. The van der Waals surface area contributed by atoms with Gasteiger partial charge in [-0.25, -0.2) is 8.42 Å². The van der Waals surface area contributed by atoms with Gasteiger partial charge < -0.3 is 0 Å². The molecular formula is C10H12O2S.